The third-order valence-electron chi connectivity index (χ3n) is 8.61. The zero-order chi connectivity index (χ0) is 31.3. The summed E-state index contributed by atoms with van der Waals surface area (Å²) in [7, 11) is 3.23. The summed E-state index contributed by atoms with van der Waals surface area (Å²) in [5.74, 6) is -0.456. The van der Waals surface area contributed by atoms with Crippen molar-refractivity contribution in [1.82, 2.24) is 40.8 Å². The molecule has 45 heavy (non-hydrogen) atoms. The van der Waals surface area contributed by atoms with Crippen molar-refractivity contribution in [2.24, 2.45) is 0 Å². The molecular weight excluding hydrogens is 575 g/mol. The number of hydrogen-bond acceptors (Lipinski definition) is 9. The molecule has 2 atom stereocenters. The number of carbonyl (C=O) groups excluding carboxylic acids is 2. The summed E-state index contributed by atoms with van der Waals surface area (Å²) in [6, 6.07) is 23.2. The number of halogens is 1. The number of likely N-dealkylation sites (tertiary alicyclic amines) is 1. The first kappa shape index (κ1) is 31.0. The van der Waals surface area contributed by atoms with Gasteiger partial charge in [0.25, 0.3) is 5.91 Å². The van der Waals surface area contributed by atoms with Crippen LogP contribution in [0.5, 0.6) is 0 Å². The Labute approximate surface area is 262 Å². The average Bonchev–Trinajstić information content (AvgIpc) is 3.72. The fraction of sp³-hybridized carbons (Fsp3) is 0.364. The Kier molecular flexibility index (Phi) is 9.59. The Bertz CT molecular complexity index is 1560. The number of rotatable bonds is 11. The van der Waals surface area contributed by atoms with E-state index in [4.69, 9.17) is 4.84 Å². The van der Waals surface area contributed by atoms with Crippen molar-refractivity contribution in [3.63, 3.8) is 0 Å². The number of piperidine rings is 1. The molecule has 1 amide bonds. The Hall–Kier alpha value is -4.04. The molecule has 2 unspecified atom stereocenters. The lowest BCUT2D eigenvalue weighted by molar-refractivity contribution is -0.325. The summed E-state index contributed by atoms with van der Waals surface area (Å²) >= 11 is 0. The standard InChI is InChI=1S/C33H39FN8O3/c1-38(33(44)25-11-5-3-6-12-25)41-23-40(37-42(41)45-2)32(39-21-9-4-10-22-39)27(24-15-17-26(34)18-16-24)19-20-30(43)31-35-28-13-7-8-14-29(28)36-31/h3,5-8,11-18,27,32,37H,4,9-10,19-23H2,1-2H3,(H,35,36). The number of benzene rings is 3. The van der Waals surface area contributed by atoms with Crippen LogP contribution in [0.15, 0.2) is 78.9 Å². The zero-order valence-electron chi connectivity index (χ0n) is 25.6. The van der Waals surface area contributed by atoms with E-state index < -0.39 is 0 Å². The molecular formula is C33H39FN8O3. The number of fused-ring (bicyclic) bond motifs is 1. The van der Waals surface area contributed by atoms with Gasteiger partial charge in [-0.2, -0.15) is 5.01 Å². The fourth-order valence-corrected chi connectivity index (χ4v) is 6.29. The van der Waals surface area contributed by atoms with Gasteiger partial charge in [-0.15, -0.1) is 5.53 Å². The number of aromatic amines is 1. The Balaban J connectivity index is 1.30. The second kappa shape index (κ2) is 13.9. The molecule has 2 N–H and O–H groups in total. The number of ketones is 1. The number of hydrogen-bond donors (Lipinski definition) is 2. The second-order valence-electron chi connectivity index (χ2n) is 11.5. The molecule has 236 valence electrons. The molecule has 3 heterocycles. The lowest BCUT2D eigenvalue weighted by Crippen LogP contribution is -2.57. The zero-order valence-corrected chi connectivity index (χ0v) is 25.6. The van der Waals surface area contributed by atoms with Gasteiger partial charge < -0.3 is 4.98 Å². The molecule has 0 bridgehead atoms. The topological polar surface area (TPSA) is 100 Å². The normalized spacial score (nSPS) is 18.3. The van der Waals surface area contributed by atoms with Gasteiger partial charge in [0.15, 0.2) is 11.6 Å². The van der Waals surface area contributed by atoms with E-state index in [9.17, 15) is 14.0 Å². The van der Waals surface area contributed by atoms with Crippen LogP contribution in [0.25, 0.3) is 11.0 Å². The van der Waals surface area contributed by atoms with Crippen LogP contribution in [-0.4, -0.2) is 87.1 Å². The number of hydrazine groups is 4. The highest BCUT2D eigenvalue weighted by Crippen LogP contribution is 2.34. The van der Waals surface area contributed by atoms with Crippen LogP contribution in [0.1, 0.15) is 64.6 Å². The van der Waals surface area contributed by atoms with Crippen molar-refractivity contribution in [3.8, 4) is 0 Å². The highest BCUT2D eigenvalue weighted by atomic mass is 19.1. The first-order valence-corrected chi connectivity index (χ1v) is 15.4. The van der Waals surface area contributed by atoms with Crippen LogP contribution in [-0.2, 0) is 4.84 Å². The van der Waals surface area contributed by atoms with Crippen molar-refractivity contribution in [1.29, 1.82) is 0 Å². The van der Waals surface area contributed by atoms with E-state index in [1.807, 2.05) is 47.5 Å². The summed E-state index contributed by atoms with van der Waals surface area (Å²) in [6.07, 6.45) is 3.72. The van der Waals surface area contributed by atoms with Crippen LogP contribution < -0.4 is 5.53 Å². The Morgan fingerprint density at radius 1 is 0.978 bits per heavy atom. The van der Waals surface area contributed by atoms with Gasteiger partial charge in [0.2, 0.25) is 0 Å². The van der Waals surface area contributed by atoms with Gasteiger partial charge in [-0.1, -0.05) is 54.0 Å². The smallest absolute Gasteiger partial charge is 0.269 e. The minimum absolute atomic E-state index is 0.0848. The van der Waals surface area contributed by atoms with E-state index in [1.165, 1.54) is 29.5 Å². The molecule has 2 aliphatic heterocycles. The van der Waals surface area contributed by atoms with Gasteiger partial charge in [0.1, 0.15) is 12.5 Å². The number of Topliss-reactive ketones (excluding diaryl/α,β-unsaturated/α-hetero) is 1. The minimum atomic E-state index is -0.317. The van der Waals surface area contributed by atoms with Crippen molar-refractivity contribution in [2.75, 3.05) is 33.9 Å². The van der Waals surface area contributed by atoms with Crippen LogP contribution in [0, 0.1) is 5.82 Å². The van der Waals surface area contributed by atoms with Gasteiger partial charge in [-0.05, 0) is 79.6 Å². The van der Waals surface area contributed by atoms with E-state index in [-0.39, 0.29) is 42.7 Å². The van der Waals surface area contributed by atoms with Gasteiger partial charge >= 0.3 is 0 Å². The van der Waals surface area contributed by atoms with Gasteiger partial charge in [0.05, 0.1) is 24.3 Å². The number of para-hydroxylation sites is 2. The first-order chi connectivity index (χ1) is 21.9. The largest absolute Gasteiger partial charge is 0.335 e. The SMILES string of the molecule is CON1NN(C(C(CCC(=O)c2nc3ccccc3[nH]2)c2ccc(F)cc2)N2CCCCC2)CN1N(C)C(=O)c1ccccc1. The quantitative estimate of drug-likeness (QED) is 0.233. The van der Waals surface area contributed by atoms with Crippen LogP contribution in [0.4, 0.5) is 4.39 Å². The molecule has 2 aliphatic rings. The number of H-pyrrole nitrogens is 1. The Morgan fingerprint density at radius 3 is 2.40 bits per heavy atom. The predicted molar refractivity (Wildman–Crippen MR) is 167 cm³/mol. The number of carbonyl (C=O) groups is 2. The summed E-state index contributed by atoms with van der Waals surface area (Å²) in [4.78, 5) is 42.7. The molecule has 0 spiro atoms. The lowest BCUT2D eigenvalue weighted by atomic mass is 9.88. The first-order valence-electron chi connectivity index (χ1n) is 15.4. The van der Waals surface area contributed by atoms with Crippen LogP contribution in [0.3, 0.4) is 0 Å². The third kappa shape index (κ3) is 6.81. The van der Waals surface area contributed by atoms with Crippen LogP contribution in [0.2, 0.25) is 0 Å². The average molecular weight is 615 g/mol. The summed E-state index contributed by atoms with van der Waals surface area (Å²) in [5, 5.41) is 6.66. The summed E-state index contributed by atoms with van der Waals surface area (Å²) in [5.41, 5.74) is 6.37. The Morgan fingerprint density at radius 2 is 1.69 bits per heavy atom. The van der Waals surface area contributed by atoms with Crippen molar-refractivity contribution >= 4 is 22.7 Å². The third-order valence-corrected chi connectivity index (χ3v) is 8.61. The van der Waals surface area contributed by atoms with Crippen molar-refractivity contribution < 1.29 is 18.8 Å². The number of nitrogens with zero attached hydrogens (tertiary/aromatic N) is 6. The molecule has 3 aromatic carbocycles. The van der Waals surface area contributed by atoms with E-state index in [1.54, 1.807) is 36.4 Å². The summed E-state index contributed by atoms with van der Waals surface area (Å²) in [6.45, 7) is 2.01. The van der Waals surface area contributed by atoms with Crippen LogP contribution >= 0.6 is 0 Å². The molecule has 1 aromatic heterocycles. The molecule has 6 rings (SSSR count). The molecule has 0 saturated carbocycles. The van der Waals surface area contributed by atoms with E-state index >= 15 is 0 Å². The maximum absolute atomic E-state index is 14.1. The highest BCUT2D eigenvalue weighted by Gasteiger charge is 2.43. The van der Waals surface area contributed by atoms with Gasteiger partial charge in [-0.3, -0.25) is 24.3 Å². The van der Waals surface area contributed by atoms with E-state index in [0.29, 0.717) is 17.8 Å². The van der Waals surface area contributed by atoms with Crippen molar-refractivity contribution in [2.45, 2.75) is 44.2 Å². The monoisotopic (exact) mass is 614 g/mol. The highest BCUT2D eigenvalue weighted by molar-refractivity contribution is 5.95. The molecule has 2 fully saturated rings. The van der Waals surface area contributed by atoms with Gasteiger partial charge in [-0.25, -0.2) is 9.37 Å². The maximum Gasteiger partial charge on any atom is 0.269 e. The molecule has 12 heteroatoms. The molecule has 0 aliphatic carbocycles. The van der Waals surface area contributed by atoms with E-state index in [2.05, 4.69) is 20.4 Å². The second-order valence-corrected chi connectivity index (χ2v) is 11.5. The van der Waals surface area contributed by atoms with Gasteiger partial charge in [0, 0.05) is 24.9 Å². The minimum Gasteiger partial charge on any atom is -0.335 e. The molecule has 2 saturated heterocycles. The number of nitrogens with one attached hydrogen (secondary N) is 2. The number of amides is 1. The lowest BCUT2D eigenvalue weighted by Gasteiger charge is -2.43. The van der Waals surface area contributed by atoms with E-state index in [0.717, 1.165) is 48.9 Å². The fourth-order valence-electron chi connectivity index (χ4n) is 6.29. The maximum atomic E-state index is 14.1. The predicted octanol–water partition coefficient (Wildman–Crippen LogP) is 4.72. The number of aromatic nitrogens is 2. The molecule has 11 nitrogen and oxygen atoms in total. The molecule has 0 radical (unpaired) electrons. The summed E-state index contributed by atoms with van der Waals surface area (Å²) < 4.78 is 14.1. The number of imidazole rings is 1. The molecule has 4 aromatic rings. The van der Waals surface area contributed by atoms with Crippen molar-refractivity contribution in [3.05, 3.63) is 102 Å².